The van der Waals surface area contributed by atoms with Crippen LogP contribution in [0.3, 0.4) is 0 Å². The molecular weight excluding hydrogens is 347 g/mol. The Labute approximate surface area is 152 Å². The number of nitriles is 1. The van der Waals surface area contributed by atoms with E-state index in [9.17, 15) is 9.18 Å². The summed E-state index contributed by atoms with van der Waals surface area (Å²) >= 11 is 5.86. The lowest BCUT2D eigenvalue weighted by Gasteiger charge is -2.24. The number of pyridine rings is 1. The van der Waals surface area contributed by atoms with Gasteiger partial charge in [-0.3, -0.25) is 0 Å². The van der Waals surface area contributed by atoms with Crippen LogP contribution in [0.5, 0.6) is 0 Å². The number of nitrogens with zero attached hydrogens (tertiary/aromatic N) is 2. The minimum atomic E-state index is -0.674. The Morgan fingerprint density at radius 3 is 2.64 bits per heavy atom. The fourth-order valence-corrected chi connectivity index (χ4v) is 2.30. The van der Waals surface area contributed by atoms with Crippen molar-refractivity contribution in [3.05, 3.63) is 22.6 Å². The van der Waals surface area contributed by atoms with E-state index in [1.807, 2.05) is 13.8 Å². The summed E-state index contributed by atoms with van der Waals surface area (Å²) in [6.45, 7) is 9.57. The van der Waals surface area contributed by atoms with Crippen LogP contribution in [0.4, 0.5) is 15.0 Å². The summed E-state index contributed by atoms with van der Waals surface area (Å²) in [5.74, 6) is -0.428. The summed E-state index contributed by atoms with van der Waals surface area (Å²) in [5.41, 5.74) is -0.628. The summed E-state index contributed by atoms with van der Waals surface area (Å²) in [6, 6.07) is 2.53. The van der Waals surface area contributed by atoms with Gasteiger partial charge in [0.1, 0.15) is 16.8 Å². The van der Waals surface area contributed by atoms with Gasteiger partial charge in [-0.25, -0.2) is 14.2 Å². The van der Waals surface area contributed by atoms with Gasteiger partial charge >= 0.3 is 6.09 Å². The zero-order valence-corrected chi connectivity index (χ0v) is 15.9. The van der Waals surface area contributed by atoms with Gasteiger partial charge in [0.2, 0.25) is 0 Å². The number of halogens is 2. The van der Waals surface area contributed by atoms with Crippen LogP contribution in [0.2, 0.25) is 5.15 Å². The molecule has 0 aromatic carbocycles. The standard InChI is InChI=1S/C17H24ClFN4O2/c1-10(2)6-12(9-21-16(24)25-17(3,4)5)22-15-13(19)7-11(8-20)14(18)23-15/h7,10,12H,6,9H2,1-5H3,(H,21,24)(H,22,23). The van der Waals surface area contributed by atoms with Crippen molar-refractivity contribution in [3.63, 3.8) is 0 Å². The lowest BCUT2D eigenvalue weighted by Crippen LogP contribution is -2.40. The van der Waals surface area contributed by atoms with Crippen molar-refractivity contribution in [3.8, 4) is 6.07 Å². The average Bonchev–Trinajstić information content (AvgIpc) is 2.45. The highest BCUT2D eigenvalue weighted by Crippen LogP contribution is 2.21. The largest absolute Gasteiger partial charge is 0.444 e. The molecule has 0 aliphatic heterocycles. The molecule has 0 aliphatic carbocycles. The molecule has 1 heterocycles. The van der Waals surface area contributed by atoms with Crippen LogP contribution in [0, 0.1) is 23.1 Å². The van der Waals surface area contributed by atoms with E-state index < -0.39 is 17.5 Å². The molecule has 0 aliphatic rings. The van der Waals surface area contributed by atoms with Crippen molar-refractivity contribution < 1.29 is 13.9 Å². The molecule has 0 bridgehead atoms. The second-order valence-electron chi connectivity index (χ2n) is 7.12. The van der Waals surface area contributed by atoms with Gasteiger partial charge in [0.15, 0.2) is 11.6 Å². The van der Waals surface area contributed by atoms with Crippen molar-refractivity contribution in [2.45, 2.75) is 52.7 Å². The van der Waals surface area contributed by atoms with Crippen molar-refractivity contribution in [1.82, 2.24) is 10.3 Å². The molecule has 2 N–H and O–H groups in total. The number of anilines is 1. The average molecular weight is 371 g/mol. The summed E-state index contributed by atoms with van der Waals surface area (Å²) in [4.78, 5) is 15.7. The quantitative estimate of drug-likeness (QED) is 0.736. The van der Waals surface area contributed by atoms with Gasteiger partial charge in [-0.2, -0.15) is 5.26 Å². The van der Waals surface area contributed by atoms with E-state index in [1.165, 1.54) is 0 Å². The molecular formula is C17H24ClFN4O2. The second kappa shape index (κ2) is 8.86. The molecule has 1 amide bonds. The van der Waals surface area contributed by atoms with Crippen molar-refractivity contribution in [2.75, 3.05) is 11.9 Å². The first kappa shape index (κ1) is 21.0. The summed E-state index contributed by atoms with van der Waals surface area (Å²) in [5, 5.41) is 14.4. The van der Waals surface area contributed by atoms with Crippen LogP contribution >= 0.6 is 11.6 Å². The Hall–Kier alpha value is -2.07. The van der Waals surface area contributed by atoms with Gasteiger partial charge in [-0.1, -0.05) is 25.4 Å². The fraction of sp³-hybridized carbons (Fsp3) is 0.588. The van der Waals surface area contributed by atoms with Crippen LogP contribution in [0.15, 0.2) is 6.07 Å². The topological polar surface area (TPSA) is 87.0 Å². The molecule has 1 rings (SSSR count). The number of hydrogen-bond acceptors (Lipinski definition) is 5. The van der Waals surface area contributed by atoms with Gasteiger partial charge < -0.3 is 15.4 Å². The highest BCUT2D eigenvalue weighted by molar-refractivity contribution is 6.30. The molecule has 0 fully saturated rings. The maximum Gasteiger partial charge on any atom is 0.407 e. The van der Waals surface area contributed by atoms with Crippen LogP contribution in [-0.4, -0.2) is 29.3 Å². The van der Waals surface area contributed by atoms with Gasteiger partial charge in [0, 0.05) is 12.6 Å². The molecule has 0 spiro atoms. The number of hydrogen-bond donors (Lipinski definition) is 2. The third kappa shape index (κ3) is 7.57. The molecule has 8 heteroatoms. The van der Waals surface area contributed by atoms with Crippen molar-refractivity contribution >= 4 is 23.5 Å². The number of carbonyl (C=O) groups excluding carboxylic acids is 1. The molecule has 138 valence electrons. The zero-order chi connectivity index (χ0) is 19.2. The zero-order valence-electron chi connectivity index (χ0n) is 15.1. The van der Waals surface area contributed by atoms with Crippen molar-refractivity contribution in [2.24, 2.45) is 5.92 Å². The molecule has 1 unspecified atom stereocenters. The number of carbonyl (C=O) groups is 1. The number of alkyl carbamates (subject to hydrolysis) is 1. The summed E-state index contributed by atoms with van der Waals surface area (Å²) in [7, 11) is 0. The van der Waals surface area contributed by atoms with Gasteiger partial charge in [-0.05, 0) is 39.2 Å². The lowest BCUT2D eigenvalue weighted by atomic mass is 10.0. The highest BCUT2D eigenvalue weighted by Gasteiger charge is 2.20. The molecule has 25 heavy (non-hydrogen) atoms. The van der Waals surface area contributed by atoms with E-state index >= 15 is 0 Å². The van der Waals surface area contributed by atoms with Crippen LogP contribution in [0.25, 0.3) is 0 Å². The van der Waals surface area contributed by atoms with Crippen LogP contribution < -0.4 is 10.6 Å². The highest BCUT2D eigenvalue weighted by atomic mass is 35.5. The first-order chi connectivity index (χ1) is 11.5. The smallest absolute Gasteiger partial charge is 0.407 e. The Morgan fingerprint density at radius 2 is 2.12 bits per heavy atom. The molecule has 1 atom stereocenters. The molecule has 1 aromatic rings. The lowest BCUT2D eigenvalue weighted by molar-refractivity contribution is 0.0524. The molecule has 1 aromatic heterocycles. The third-order valence-electron chi connectivity index (χ3n) is 3.04. The van der Waals surface area contributed by atoms with Gasteiger partial charge in [0.25, 0.3) is 0 Å². The molecule has 6 nitrogen and oxygen atoms in total. The summed E-state index contributed by atoms with van der Waals surface area (Å²) < 4.78 is 19.3. The monoisotopic (exact) mass is 370 g/mol. The fourth-order valence-electron chi connectivity index (χ4n) is 2.12. The number of ether oxygens (including phenoxy) is 1. The number of aromatic nitrogens is 1. The summed E-state index contributed by atoms with van der Waals surface area (Å²) in [6.07, 6.45) is 0.114. The van der Waals surface area contributed by atoms with E-state index in [2.05, 4.69) is 15.6 Å². The predicted octanol–water partition coefficient (Wildman–Crippen LogP) is 4.10. The van der Waals surface area contributed by atoms with E-state index in [1.54, 1.807) is 26.8 Å². The first-order valence-electron chi connectivity index (χ1n) is 8.01. The maximum atomic E-state index is 14.1. The number of amides is 1. The van der Waals surface area contributed by atoms with Crippen LogP contribution in [-0.2, 0) is 4.74 Å². The van der Waals surface area contributed by atoms with E-state index in [4.69, 9.17) is 21.6 Å². The first-order valence-corrected chi connectivity index (χ1v) is 8.39. The van der Waals surface area contributed by atoms with Crippen molar-refractivity contribution in [1.29, 1.82) is 5.26 Å². The second-order valence-corrected chi connectivity index (χ2v) is 7.48. The van der Waals surface area contributed by atoms with E-state index in [-0.39, 0.29) is 29.1 Å². The Kier molecular flexibility index (Phi) is 7.43. The van der Waals surface area contributed by atoms with E-state index in [0.29, 0.717) is 12.3 Å². The van der Waals surface area contributed by atoms with E-state index in [0.717, 1.165) is 6.07 Å². The SMILES string of the molecule is CC(C)CC(CNC(=O)OC(C)(C)C)Nc1nc(Cl)c(C#N)cc1F. The maximum absolute atomic E-state index is 14.1. The number of nitrogens with one attached hydrogen (secondary N) is 2. The van der Waals surface area contributed by atoms with Gasteiger partial charge in [0.05, 0.1) is 5.56 Å². The molecule has 0 saturated carbocycles. The van der Waals surface area contributed by atoms with Gasteiger partial charge in [-0.15, -0.1) is 0 Å². The van der Waals surface area contributed by atoms with Crippen LogP contribution in [0.1, 0.15) is 46.6 Å². The number of rotatable bonds is 6. The third-order valence-corrected chi connectivity index (χ3v) is 3.33. The Morgan fingerprint density at radius 1 is 1.48 bits per heavy atom. The minimum Gasteiger partial charge on any atom is -0.444 e. The Balaban J connectivity index is 2.82. The predicted molar refractivity (Wildman–Crippen MR) is 95.0 cm³/mol. The molecule has 0 radical (unpaired) electrons. The Bertz CT molecular complexity index is 653. The minimum absolute atomic E-state index is 0.0305. The molecule has 0 saturated heterocycles. The normalized spacial score (nSPS) is 12.4.